The normalized spacial score (nSPS) is 11.6. The van der Waals surface area contributed by atoms with E-state index in [1.54, 1.807) is 109 Å². The van der Waals surface area contributed by atoms with Crippen LogP contribution in [0, 0.1) is 0 Å². The van der Waals surface area contributed by atoms with Gasteiger partial charge in [-0.3, -0.25) is 14.9 Å². The van der Waals surface area contributed by atoms with Crippen molar-refractivity contribution < 1.29 is 47.4 Å². The number of carbonyl (C=O) groups is 3. The number of nitrogens with zero attached hydrogens (tertiary/aromatic N) is 5. The number of aromatic hydroxyl groups is 2. The molecule has 0 spiro atoms. The van der Waals surface area contributed by atoms with E-state index in [2.05, 4.69) is 41.7 Å². The molecule has 0 unspecified atom stereocenters. The summed E-state index contributed by atoms with van der Waals surface area (Å²) in [7, 11) is 0. The van der Waals surface area contributed by atoms with E-state index in [0.717, 1.165) is 40.6 Å². The molecule has 0 heterocycles. The predicted octanol–water partition coefficient (Wildman–Crippen LogP) is 15.3. The highest BCUT2D eigenvalue weighted by atomic mass is 35.5. The molecule has 3 amide bonds. The second-order valence-electron chi connectivity index (χ2n) is 16.5. The number of rotatable bonds is 15. The Morgan fingerprint density at radius 2 is 1.15 bits per heavy atom. The molecule has 0 atom stereocenters. The molecule has 0 saturated carbocycles. The molecule has 9 aromatic carbocycles. The number of hydrogen-bond donors (Lipinski definition) is 5. The summed E-state index contributed by atoms with van der Waals surface area (Å²) in [5, 5.41) is 50.1. The van der Waals surface area contributed by atoms with Gasteiger partial charge in [-0.05, 0) is 131 Å². The Morgan fingerprint density at radius 1 is 0.587 bits per heavy atom. The van der Waals surface area contributed by atoms with Gasteiger partial charge in [0.25, 0.3) is 5.91 Å². The molecular weight excluding hydrogens is 989 g/mol. The van der Waals surface area contributed by atoms with Gasteiger partial charge in [0.1, 0.15) is 29.5 Å². The number of oxime groups is 1. The first-order valence-corrected chi connectivity index (χ1v) is 22.9. The summed E-state index contributed by atoms with van der Waals surface area (Å²) in [4.78, 5) is 49.0. The first-order chi connectivity index (χ1) is 36.2. The number of urea groups is 1. The second-order valence-corrected chi connectivity index (χ2v) is 16.9. The summed E-state index contributed by atoms with van der Waals surface area (Å²) in [6, 6.07) is 47.5. The standard InChI is InChI=1S/C56H38ClF3N8O7/c57-42-4-2-5-45(30-42)62-55(73)63-54(72)40-16-24-48-39(28-40)18-26-50(70)52(48)67-64-43-19-12-35(13-20-43)34-8-10-36(11-9-34)53(71)37-14-21-44(22-15-37)65-66-51-47-23-7-33(27-38(47)17-25-49(51)69)31-74-61-32-75-68-46-6-1-3-41(29-46)56(58,59)60/h1-30,32,68-70H,31H2,(H2,62,63,72,73)/b61-32+,66-65?,67-64?. The van der Waals surface area contributed by atoms with E-state index in [9.17, 15) is 37.8 Å². The fourth-order valence-electron chi connectivity index (χ4n) is 7.61. The minimum atomic E-state index is -4.49. The number of alkyl halides is 3. The van der Waals surface area contributed by atoms with E-state index in [1.165, 1.54) is 30.3 Å². The number of phenols is 2. The molecule has 0 aliphatic carbocycles. The Balaban J connectivity index is 0.777. The van der Waals surface area contributed by atoms with Gasteiger partial charge in [-0.15, -0.1) is 10.2 Å². The second kappa shape index (κ2) is 22.2. The Kier molecular flexibility index (Phi) is 14.8. The van der Waals surface area contributed by atoms with Crippen molar-refractivity contribution in [2.75, 3.05) is 10.8 Å². The van der Waals surface area contributed by atoms with Crippen molar-refractivity contribution in [3.63, 3.8) is 0 Å². The monoisotopic (exact) mass is 1030 g/mol. The lowest BCUT2D eigenvalue weighted by molar-refractivity contribution is -0.137. The number of phenolic OH excluding ortho intramolecular Hbond substituents is 2. The van der Waals surface area contributed by atoms with Crippen LogP contribution in [0.3, 0.4) is 0 Å². The zero-order valence-electron chi connectivity index (χ0n) is 38.8. The molecule has 0 aliphatic rings. The van der Waals surface area contributed by atoms with Crippen molar-refractivity contribution in [3.8, 4) is 22.6 Å². The summed E-state index contributed by atoms with van der Waals surface area (Å²) in [5.74, 6) is -1.05. The summed E-state index contributed by atoms with van der Waals surface area (Å²) in [6.45, 7) is 0.0342. The van der Waals surface area contributed by atoms with Crippen LogP contribution < -0.4 is 16.1 Å². The van der Waals surface area contributed by atoms with E-state index in [4.69, 9.17) is 21.3 Å². The quantitative estimate of drug-likeness (QED) is 0.0219. The van der Waals surface area contributed by atoms with Gasteiger partial charge in [0, 0.05) is 38.2 Å². The van der Waals surface area contributed by atoms with Gasteiger partial charge < -0.3 is 25.2 Å². The minimum absolute atomic E-state index is 0.0342. The van der Waals surface area contributed by atoms with Crippen LogP contribution in [0.4, 0.5) is 52.1 Å². The molecular formula is C56H38ClF3N8O7. The molecule has 0 aliphatic heterocycles. The van der Waals surface area contributed by atoms with Crippen LogP contribution in [0.25, 0.3) is 32.7 Å². The first-order valence-electron chi connectivity index (χ1n) is 22.5. The van der Waals surface area contributed by atoms with E-state index in [0.29, 0.717) is 49.4 Å². The van der Waals surface area contributed by atoms with Crippen molar-refractivity contribution in [2.45, 2.75) is 12.8 Å². The first kappa shape index (κ1) is 50.0. The van der Waals surface area contributed by atoms with Crippen molar-refractivity contribution >= 4 is 91.4 Å². The van der Waals surface area contributed by atoms with Crippen LogP contribution in [0.2, 0.25) is 5.02 Å². The smallest absolute Gasteiger partial charge is 0.416 e. The summed E-state index contributed by atoms with van der Waals surface area (Å²) in [6.07, 6.45) is -3.59. The SMILES string of the molecule is O=C(NC(=O)c1ccc2c(N=Nc3ccc(-c4ccc(C(=O)c5ccc(N=Nc6c(O)ccc7cc(CO/N=C/ONc8cccc(C(F)(F)F)c8)ccc67)cc5)cc4)cc3)c(O)ccc2c1)Nc1cccc(Cl)c1. The maximum atomic E-state index is 13.5. The molecule has 0 fully saturated rings. The van der Waals surface area contributed by atoms with Gasteiger partial charge >= 0.3 is 12.2 Å². The van der Waals surface area contributed by atoms with Gasteiger partial charge in [0.05, 0.1) is 22.6 Å². The van der Waals surface area contributed by atoms with E-state index < -0.39 is 23.7 Å². The summed E-state index contributed by atoms with van der Waals surface area (Å²) >= 11 is 5.97. The fraction of sp³-hybridized carbons (Fsp3) is 0.0357. The Bertz CT molecular complexity index is 3710. The highest BCUT2D eigenvalue weighted by molar-refractivity contribution is 6.31. The number of azo groups is 2. The van der Waals surface area contributed by atoms with E-state index >= 15 is 0 Å². The molecule has 5 N–H and O–H groups in total. The number of anilines is 2. The zero-order chi connectivity index (χ0) is 52.5. The van der Waals surface area contributed by atoms with Crippen LogP contribution in [-0.2, 0) is 22.5 Å². The fourth-order valence-corrected chi connectivity index (χ4v) is 7.80. The highest BCUT2D eigenvalue weighted by Crippen LogP contribution is 2.39. The third-order valence-electron chi connectivity index (χ3n) is 11.4. The average molecular weight is 1030 g/mol. The predicted molar refractivity (Wildman–Crippen MR) is 279 cm³/mol. The molecule has 75 heavy (non-hydrogen) atoms. The van der Waals surface area contributed by atoms with Crippen LogP contribution in [0.5, 0.6) is 11.5 Å². The molecule has 9 aromatic rings. The number of ketones is 1. The molecule has 0 bridgehead atoms. The zero-order valence-corrected chi connectivity index (χ0v) is 39.5. The lowest BCUT2D eigenvalue weighted by atomic mass is 9.99. The van der Waals surface area contributed by atoms with Gasteiger partial charge in [-0.2, -0.15) is 23.4 Å². The van der Waals surface area contributed by atoms with E-state index in [-0.39, 0.29) is 46.5 Å². The van der Waals surface area contributed by atoms with Gasteiger partial charge in [-0.1, -0.05) is 95.6 Å². The largest absolute Gasteiger partial charge is 0.506 e. The number of nitrogens with one attached hydrogen (secondary N) is 3. The third-order valence-corrected chi connectivity index (χ3v) is 11.6. The minimum Gasteiger partial charge on any atom is -0.506 e. The summed E-state index contributed by atoms with van der Waals surface area (Å²) < 4.78 is 38.8. The molecule has 15 nitrogen and oxygen atoms in total. The van der Waals surface area contributed by atoms with Crippen molar-refractivity contribution in [1.82, 2.24) is 5.32 Å². The Labute approximate surface area is 429 Å². The Morgan fingerprint density at radius 3 is 1.79 bits per heavy atom. The molecule has 0 saturated heterocycles. The third kappa shape index (κ3) is 12.4. The van der Waals surface area contributed by atoms with Crippen molar-refractivity contribution in [2.24, 2.45) is 25.6 Å². The molecule has 19 heteroatoms. The van der Waals surface area contributed by atoms with Crippen molar-refractivity contribution in [3.05, 3.63) is 215 Å². The lowest BCUT2D eigenvalue weighted by Crippen LogP contribution is -2.34. The van der Waals surface area contributed by atoms with Crippen LogP contribution in [-0.4, -0.2) is 34.3 Å². The maximum Gasteiger partial charge on any atom is 0.416 e. The van der Waals surface area contributed by atoms with Gasteiger partial charge in [-0.25, -0.2) is 10.3 Å². The number of hydrogen-bond acceptors (Lipinski definition) is 13. The molecule has 0 radical (unpaired) electrons. The molecule has 0 aromatic heterocycles. The highest BCUT2D eigenvalue weighted by Gasteiger charge is 2.30. The Hall–Kier alpha value is -9.94. The number of fused-ring (bicyclic) bond motifs is 2. The summed E-state index contributed by atoms with van der Waals surface area (Å²) in [5.41, 5.74) is 6.93. The number of benzene rings is 9. The lowest BCUT2D eigenvalue weighted by Gasteiger charge is -2.09. The van der Waals surface area contributed by atoms with Crippen LogP contribution >= 0.6 is 11.6 Å². The topological polar surface area (TPSA) is 208 Å². The van der Waals surface area contributed by atoms with Gasteiger partial charge in [0.15, 0.2) is 5.78 Å². The number of amides is 3. The maximum absolute atomic E-state index is 13.5. The number of carbonyl (C=O) groups excluding carboxylic acids is 3. The average Bonchev–Trinajstić information content (AvgIpc) is 3.41. The number of halogens is 4. The number of imide groups is 1. The van der Waals surface area contributed by atoms with Gasteiger partial charge in [0.2, 0.25) is 6.40 Å². The van der Waals surface area contributed by atoms with E-state index in [1.807, 2.05) is 30.3 Å². The van der Waals surface area contributed by atoms with Crippen LogP contribution in [0.1, 0.15) is 37.4 Å². The molecule has 9 rings (SSSR count). The molecule has 372 valence electrons. The van der Waals surface area contributed by atoms with Crippen LogP contribution in [0.15, 0.2) is 208 Å². The van der Waals surface area contributed by atoms with Crippen molar-refractivity contribution in [1.29, 1.82) is 0 Å².